The number of nitrogens with zero attached hydrogens (tertiary/aromatic N) is 4. The zero-order valence-electron chi connectivity index (χ0n) is 13.3. The number of aromatic nitrogens is 1. The third-order valence-corrected chi connectivity index (χ3v) is 4.45. The quantitative estimate of drug-likeness (QED) is 0.848. The Bertz CT molecular complexity index is 844. The number of hydrogen-bond donors (Lipinski definition) is 0. The van der Waals surface area contributed by atoms with Crippen molar-refractivity contribution in [1.29, 1.82) is 5.26 Å². The predicted octanol–water partition coefficient (Wildman–Crippen LogP) is 1.78. The number of anilines is 1. The summed E-state index contributed by atoms with van der Waals surface area (Å²) in [7, 11) is 2.05. The lowest BCUT2D eigenvalue weighted by Gasteiger charge is -2.34. The molecule has 6 heteroatoms. The summed E-state index contributed by atoms with van der Waals surface area (Å²) in [5.41, 5.74) is 0.839. The number of hydrogen-bond acceptors (Lipinski definition) is 4. The molecule has 0 unspecified atom stereocenters. The average Bonchev–Trinajstić information content (AvgIpc) is 2.56. The molecule has 1 aromatic carbocycles. The van der Waals surface area contributed by atoms with Crippen LogP contribution in [0.1, 0.15) is 12.5 Å². The van der Waals surface area contributed by atoms with Crippen LogP contribution in [-0.4, -0.2) is 42.7 Å². The number of piperazine rings is 1. The number of fused-ring (bicyclic) bond motifs is 1. The third-order valence-electron chi connectivity index (χ3n) is 4.45. The molecule has 2 aromatic rings. The van der Waals surface area contributed by atoms with Crippen molar-refractivity contribution in [2.45, 2.75) is 13.5 Å². The Morgan fingerprint density at radius 1 is 1.26 bits per heavy atom. The van der Waals surface area contributed by atoms with Crippen LogP contribution in [0.2, 0.25) is 0 Å². The molecule has 2 heterocycles. The topological polar surface area (TPSA) is 52.3 Å². The minimum absolute atomic E-state index is 0.0473. The lowest BCUT2D eigenvalue weighted by Crippen LogP contribution is -2.44. The fourth-order valence-corrected chi connectivity index (χ4v) is 3.03. The molecular weight excluding hydrogens is 295 g/mol. The Balaban J connectivity index is 2.18. The molecule has 0 N–H and O–H groups in total. The maximum Gasteiger partial charge on any atom is 0.207 e. The first-order valence-electron chi connectivity index (χ1n) is 7.75. The smallest absolute Gasteiger partial charge is 0.207 e. The summed E-state index contributed by atoms with van der Waals surface area (Å²) in [6.07, 6.45) is 1.55. The number of likely N-dealkylation sites (N-methyl/N-ethyl adjacent to an activating group) is 1. The lowest BCUT2D eigenvalue weighted by molar-refractivity contribution is 0.312. The van der Waals surface area contributed by atoms with Gasteiger partial charge in [-0.1, -0.05) is 0 Å². The lowest BCUT2D eigenvalue weighted by atomic mass is 10.1. The molecule has 0 aliphatic carbocycles. The Labute approximate surface area is 134 Å². The van der Waals surface area contributed by atoms with Crippen molar-refractivity contribution >= 4 is 16.6 Å². The van der Waals surface area contributed by atoms with Gasteiger partial charge in [0, 0.05) is 38.9 Å². The summed E-state index contributed by atoms with van der Waals surface area (Å²) in [5.74, 6) is -0.406. The number of pyridine rings is 1. The van der Waals surface area contributed by atoms with Crippen molar-refractivity contribution in [1.82, 2.24) is 9.47 Å². The van der Waals surface area contributed by atoms with E-state index in [0.29, 0.717) is 17.7 Å². The summed E-state index contributed by atoms with van der Waals surface area (Å²) in [5, 5.41) is 9.35. The predicted molar refractivity (Wildman–Crippen MR) is 88.3 cm³/mol. The average molecular weight is 314 g/mol. The molecule has 0 bridgehead atoms. The zero-order chi connectivity index (χ0) is 16.6. The molecule has 0 saturated carbocycles. The molecule has 0 spiro atoms. The maximum absolute atomic E-state index is 14.6. The van der Waals surface area contributed by atoms with Gasteiger partial charge in [0.05, 0.1) is 16.6 Å². The molecule has 23 heavy (non-hydrogen) atoms. The van der Waals surface area contributed by atoms with E-state index in [-0.39, 0.29) is 10.9 Å². The first kappa shape index (κ1) is 15.5. The van der Waals surface area contributed by atoms with Crippen molar-refractivity contribution < 1.29 is 4.39 Å². The van der Waals surface area contributed by atoms with Gasteiger partial charge >= 0.3 is 0 Å². The van der Waals surface area contributed by atoms with Crippen LogP contribution in [0.25, 0.3) is 10.9 Å². The van der Waals surface area contributed by atoms with Crippen LogP contribution in [0.15, 0.2) is 23.1 Å². The molecule has 1 saturated heterocycles. The van der Waals surface area contributed by atoms with Gasteiger partial charge in [-0.15, -0.1) is 0 Å². The van der Waals surface area contributed by atoms with Crippen LogP contribution in [-0.2, 0) is 6.54 Å². The van der Waals surface area contributed by atoms with Gasteiger partial charge in [0.2, 0.25) is 5.43 Å². The second-order valence-corrected chi connectivity index (χ2v) is 5.88. The van der Waals surface area contributed by atoms with E-state index in [1.807, 2.05) is 29.5 Å². The second kappa shape index (κ2) is 6.01. The highest BCUT2D eigenvalue weighted by Crippen LogP contribution is 2.26. The van der Waals surface area contributed by atoms with E-state index in [9.17, 15) is 9.18 Å². The molecule has 0 amide bonds. The normalized spacial score (nSPS) is 15.8. The van der Waals surface area contributed by atoms with E-state index < -0.39 is 11.2 Å². The Morgan fingerprint density at radius 3 is 2.57 bits per heavy atom. The number of halogens is 1. The van der Waals surface area contributed by atoms with Crippen LogP contribution < -0.4 is 10.3 Å². The first-order valence-corrected chi connectivity index (χ1v) is 7.75. The van der Waals surface area contributed by atoms with Crippen molar-refractivity contribution in [3.05, 3.63) is 39.9 Å². The largest absolute Gasteiger partial charge is 0.367 e. The van der Waals surface area contributed by atoms with Gasteiger partial charge in [-0.05, 0) is 26.1 Å². The number of rotatable bonds is 2. The fraction of sp³-hybridized carbons (Fsp3) is 0.412. The van der Waals surface area contributed by atoms with Gasteiger partial charge in [-0.2, -0.15) is 5.26 Å². The van der Waals surface area contributed by atoms with E-state index in [1.54, 1.807) is 12.3 Å². The maximum atomic E-state index is 14.6. The SMILES string of the molecule is CCn1cc(C#N)c(=O)c2cc(F)c(N3CCN(C)CC3)cc21. The Hall–Kier alpha value is -2.39. The van der Waals surface area contributed by atoms with Crippen LogP contribution in [0.5, 0.6) is 0 Å². The minimum Gasteiger partial charge on any atom is -0.367 e. The van der Waals surface area contributed by atoms with Crippen molar-refractivity contribution in [2.24, 2.45) is 0 Å². The summed E-state index contributed by atoms with van der Waals surface area (Å²) in [4.78, 5) is 16.5. The van der Waals surface area contributed by atoms with Crippen LogP contribution in [0.4, 0.5) is 10.1 Å². The Morgan fingerprint density at radius 2 is 1.96 bits per heavy atom. The molecule has 0 atom stereocenters. The van der Waals surface area contributed by atoms with Gasteiger partial charge in [0.1, 0.15) is 17.4 Å². The van der Waals surface area contributed by atoms with E-state index in [2.05, 4.69) is 4.90 Å². The van der Waals surface area contributed by atoms with E-state index in [0.717, 1.165) is 26.2 Å². The fourth-order valence-electron chi connectivity index (χ4n) is 3.03. The highest BCUT2D eigenvalue weighted by atomic mass is 19.1. The number of aryl methyl sites for hydroxylation is 1. The van der Waals surface area contributed by atoms with Crippen LogP contribution in [0, 0.1) is 17.1 Å². The number of benzene rings is 1. The van der Waals surface area contributed by atoms with Gasteiger partial charge in [0.25, 0.3) is 0 Å². The summed E-state index contributed by atoms with van der Waals surface area (Å²) in [6, 6.07) is 4.91. The van der Waals surface area contributed by atoms with Crippen LogP contribution in [0.3, 0.4) is 0 Å². The van der Waals surface area contributed by atoms with Gasteiger partial charge in [-0.25, -0.2) is 4.39 Å². The van der Waals surface area contributed by atoms with E-state index in [1.165, 1.54) is 6.07 Å². The molecule has 1 aliphatic rings. The van der Waals surface area contributed by atoms with E-state index >= 15 is 0 Å². The minimum atomic E-state index is -0.406. The second-order valence-electron chi connectivity index (χ2n) is 5.88. The number of nitriles is 1. The Kier molecular flexibility index (Phi) is 4.05. The van der Waals surface area contributed by atoms with Gasteiger partial charge in [0.15, 0.2) is 0 Å². The first-order chi connectivity index (χ1) is 11.0. The molecular formula is C17H19FN4O. The van der Waals surface area contributed by atoms with Crippen molar-refractivity contribution in [2.75, 3.05) is 38.1 Å². The zero-order valence-corrected chi connectivity index (χ0v) is 13.3. The van der Waals surface area contributed by atoms with Crippen LogP contribution >= 0.6 is 0 Å². The highest BCUT2D eigenvalue weighted by molar-refractivity contribution is 5.84. The van der Waals surface area contributed by atoms with Gasteiger partial charge < -0.3 is 14.4 Å². The summed E-state index contributed by atoms with van der Waals surface area (Å²) in [6.45, 7) is 5.82. The highest BCUT2D eigenvalue weighted by Gasteiger charge is 2.20. The third kappa shape index (κ3) is 2.68. The molecule has 1 aliphatic heterocycles. The summed E-state index contributed by atoms with van der Waals surface area (Å²) >= 11 is 0. The molecule has 1 aromatic heterocycles. The molecule has 5 nitrogen and oxygen atoms in total. The summed E-state index contributed by atoms with van der Waals surface area (Å²) < 4.78 is 16.4. The molecule has 3 rings (SSSR count). The molecule has 0 radical (unpaired) electrons. The standard InChI is InChI=1S/C17H19FN4O/c1-3-21-11-12(10-19)17(23)13-8-14(18)16(9-15(13)21)22-6-4-20(2)5-7-22/h8-9,11H,3-7H2,1-2H3. The molecule has 120 valence electrons. The van der Waals surface area contributed by atoms with E-state index in [4.69, 9.17) is 5.26 Å². The van der Waals surface area contributed by atoms with Crippen molar-refractivity contribution in [3.63, 3.8) is 0 Å². The van der Waals surface area contributed by atoms with Crippen molar-refractivity contribution in [3.8, 4) is 6.07 Å². The van der Waals surface area contributed by atoms with Gasteiger partial charge in [-0.3, -0.25) is 4.79 Å². The monoisotopic (exact) mass is 314 g/mol. The molecule has 1 fully saturated rings.